The van der Waals surface area contributed by atoms with E-state index in [9.17, 15) is 0 Å². The quantitative estimate of drug-likeness (QED) is 0.768. The van der Waals surface area contributed by atoms with Gasteiger partial charge in [0.05, 0.1) is 6.10 Å². The van der Waals surface area contributed by atoms with Gasteiger partial charge in [0.2, 0.25) is 0 Å². The monoisotopic (exact) mass is 254 g/mol. The van der Waals surface area contributed by atoms with Crippen molar-refractivity contribution in [1.82, 2.24) is 20.1 Å². The molecule has 0 aliphatic rings. The van der Waals surface area contributed by atoms with Gasteiger partial charge in [-0.25, -0.2) is 9.67 Å². The SMILES string of the molecule is CCCNC(Cc1ncnn1C(C)C)C(C)OC. The van der Waals surface area contributed by atoms with Crippen LogP contribution in [-0.4, -0.2) is 40.6 Å². The summed E-state index contributed by atoms with van der Waals surface area (Å²) in [5, 5.41) is 7.79. The summed E-state index contributed by atoms with van der Waals surface area (Å²) >= 11 is 0. The smallest absolute Gasteiger partial charge is 0.138 e. The Morgan fingerprint density at radius 2 is 2.11 bits per heavy atom. The Kier molecular flexibility index (Phi) is 6.29. The van der Waals surface area contributed by atoms with Crippen LogP contribution in [0.3, 0.4) is 0 Å². The normalized spacial score (nSPS) is 15.0. The number of hydrogen-bond donors (Lipinski definition) is 1. The van der Waals surface area contributed by atoms with Gasteiger partial charge in [-0.3, -0.25) is 0 Å². The second kappa shape index (κ2) is 7.48. The van der Waals surface area contributed by atoms with E-state index in [4.69, 9.17) is 4.74 Å². The number of ether oxygens (including phenoxy) is 1. The molecule has 2 atom stereocenters. The molecule has 1 rings (SSSR count). The van der Waals surface area contributed by atoms with E-state index in [0.29, 0.717) is 6.04 Å². The first-order valence-corrected chi connectivity index (χ1v) is 6.74. The van der Waals surface area contributed by atoms with Gasteiger partial charge in [0, 0.05) is 25.6 Å². The first kappa shape index (κ1) is 15.1. The van der Waals surface area contributed by atoms with E-state index >= 15 is 0 Å². The highest BCUT2D eigenvalue weighted by molar-refractivity contribution is 4.93. The van der Waals surface area contributed by atoms with Crippen molar-refractivity contribution in [2.45, 2.75) is 58.7 Å². The average molecular weight is 254 g/mol. The van der Waals surface area contributed by atoms with E-state index < -0.39 is 0 Å². The highest BCUT2D eigenvalue weighted by atomic mass is 16.5. The predicted molar refractivity (Wildman–Crippen MR) is 72.7 cm³/mol. The minimum absolute atomic E-state index is 0.161. The molecule has 1 heterocycles. The Morgan fingerprint density at radius 1 is 1.39 bits per heavy atom. The van der Waals surface area contributed by atoms with Gasteiger partial charge in [0.15, 0.2) is 0 Å². The number of methoxy groups -OCH3 is 1. The molecule has 0 spiro atoms. The molecule has 1 N–H and O–H groups in total. The molecule has 5 nitrogen and oxygen atoms in total. The fourth-order valence-corrected chi connectivity index (χ4v) is 1.95. The van der Waals surface area contributed by atoms with Crippen LogP contribution in [0.5, 0.6) is 0 Å². The topological polar surface area (TPSA) is 52.0 Å². The zero-order chi connectivity index (χ0) is 13.5. The highest BCUT2D eigenvalue weighted by Crippen LogP contribution is 2.10. The summed E-state index contributed by atoms with van der Waals surface area (Å²) in [4.78, 5) is 4.36. The molecule has 2 unspecified atom stereocenters. The summed E-state index contributed by atoms with van der Waals surface area (Å²) in [5.74, 6) is 1.02. The van der Waals surface area contributed by atoms with Crippen LogP contribution in [-0.2, 0) is 11.2 Å². The molecule has 0 saturated carbocycles. The second-order valence-corrected chi connectivity index (χ2v) is 4.92. The van der Waals surface area contributed by atoms with Crippen molar-refractivity contribution in [3.05, 3.63) is 12.2 Å². The van der Waals surface area contributed by atoms with Gasteiger partial charge in [-0.1, -0.05) is 6.92 Å². The van der Waals surface area contributed by atoms with Crippen molar-refractivity contribution in [2.24, 2.45) is 0 Å². The largest absolute Gasteiger partial charge is 0.380 e. The number of rotatable bonds is 8. The van der Waals surface area contributed by atoms with E-state index in [1.165, 1.54) is 0 Å². The summed E-state index contributed by atoms with van der Waals surface area (Å²) in [6.45, 7) is 9.48. The zero-order valence-electron chi connectivity index (χ0n) is 12.2. The van der Waals surface area contributed by atoms with Crippen molar-refractivity contribution < 1.29 is 4.74 Å². The van der Waals surface area contributed by atoms with E-state index in [0.717, 1.165) is 25.2 Å². The van der Waals surface area contributed by atoms with Crippen LogP contribution in [0.2, 0.25) is 0 Å². The van der Waals surface area contributed by atoms with Gasteiger partial charge in [-0.15, -0.1) is 0 Å². The van der Waals surface area contributed by atoms with Crippen LogP contribution in [0.4, 0.5) is 0 Å². The molecule has 104 valence electrons. The number of hydrogen-bond acceptors (Lipinski definition) is 4. The standard InChI is InChI=1S/C13H26N4O/c1-6-7-14-12(11(4)18-5)8-13-15-9-16-17(13)10(2)3/h9-12,14H,6-8H2,1-5H3. The summed E-state index contributed by atoms with van der Waals surface area (Å²) in [6, 6.07) is 0.615. The fourth-order valence-electron chi connectivity index (χ4n) is 1.95. The van der Waals surface area contributed by atoms with E-state index in [1.807, 2.05) is 4.68 Å². The lowest BCUT2D eigenvalue weighted by Gasteiger charge is -2.24. The molecule has 1 aromatic heterocycles. The molecule has 0 fully saturated rings. The van der Waals surface area contributed by atoms with Crippen molar-refractivity contribution in [3.63, 3.8) is 0 Å². The lowest BCUT2D eigenvalue weighted by Crippen LogP contribution is -2.42. The second-order valence-electron chi connectivity index (χ2n) is 4.92. The van der Waals surface area contributed by atoms with E-state index in [2.05, 4.69) is 43.1 Å². The third-order valence-electron chi connectivity index (χ3n) is 3.13. The molecule has 0 aliphatic carbocycles. The third-order valence-corrected chi connectivity index (χ3v) is 3.13. The lowest BCUT2D eigenvalue weighted by molar-refractivity contribution is 0.0819. The Bertz CT molecular complexity index is 337. The lowest BCUT2D eigenvalue weighted by atomic mass is 10.1. The maximum Gasteiger partial charge on any atom is 0.138 e. The van der Waals surface area contributed by atoms with Crippen molar-refractivity contribution >= 4 is 0 Å². The minimum Gasteiger partial charge on any atom is -0.380 e. The van der Waals surface area contributed by atoms with Crippen LogP contribution in [0, 0.1) is 0 Å². The Morgan fingerprint density at radius 3 is 2.67 bits per heavy atom. The maximum atomic E-state index is 5.44. The number of aromatic nitrogens is 3. The Balaban J connectivity index is 2.72. The van der Waals surface area contributed by atoms with Gasteiger partial charge >= 0.3 is 0 Å². The maximum absolute atomic E-state index is 5.44. The van der Waals surface area contributed by atoms with Crippen molar-refractivity contribution in [2.75, 3.05) is 13.7 Å². The van der Waals surface area contributed by atoms with Crippen LogP contribution in [0.1, 0.15) is 46.0 Å². The van der Waals surface area contributed by atoms with Gasteiger partial charge in [0.1, 0.15) is 12.2 Å². The molecule has 5 heteroatoms. The Labute approximate surface area is 110 Å². The molecule has 0 amide bonds. The summed E-state index contributed by atoms with van der Waals surface area (Å²) in [7, 11) is 1.75. The fraction of sp³-hybridized carbons (Fsp3) is 0.846. The van der Waals surface area contributed by atoms with E-state index in [1.54, 1.807) is 13.4 Å². The number of nitrogens with zero attached hydrogens (tertiary/aromatic N) is 3. The molecular weight excluding hydrogens is 228 g/mol. The molecule has 0 saturated heterocycles. The first-order chi connectivity index (χ1) is 8.60. The van der Waals surface area contributed by atoms with Crippen LogP contribution < -0.4 is 5.32 Å². The highest BCUT2D eigenvalue weighted by Gasteiger charge is 2.20. The molecule has 0 bridgehead atoms. The van der Waals surface area contributed by atoms with Gasteiger partial charge < -0.3 is 10.1 Å². The molecule has 1 aromatic rings. The minimum atomic E-state index is 0.161. The zero-order valence-corrected chi connectivity index (χ0v) is 12.2. The van der Waals surface area contributed by atoms with Gasteiger partial charge in [0.25, 0.3) is 0 Å². The molecule has 0 aromatic carbocycles. The van der Waals surface area contributed by atoms with Crippen molar-refractivity contribution in [1.29, 1.82) is 0 Å². The average Bonchev–Trinajstić information content (AvgIpc) is 2.81. The first-order valence-electron chi connectivity index (χ1n) is 6.74. The third kappa shape index (κ3) is 4.07. The summed E-state index contributed by atoms with van der Waals surface area (Å²) in [5.41, 5.74) is 0. The van der Waals surface area contributed by atoms with Crippen LogP contribution >= 0.6 is 0 Å². The number of nitrogens with one attached hydrogen (secondary N) is 1. The van der Waals surface area contributed by atoms with E-state index in [-0.39, 0.29) is 12.1 Å². The molecule has 18 heavy (non-hydrogen) atoms. The summed E-state index contributed by atoms with van der Waals surface area (Å²) < 4.78 is 7.41. The van der Waals surface area contributed by atoms with Crippen LogP contribution in [0.25, 0.3) is 0 Å². The Hall–Kier alpha value is -0.940. The summed E-state index contributed by atoms with van der Waals surface area (Å²) in [6.07, 6.45) is 3.74. The van der Waals surface area contributed by atoms with Crippen LogP contribution in [0.15, 0.2) is 6.33 Å². The van der Waals surface area contributed by atoms with Gasteiger partial charge in [-0.2, -0.15) is 5.10 Å². The molecule has 0 radical (unpaired) electrons. The van der Waals surface area contributed by atoms with Gasteiger partial charge in [-0.05, 0) is 33.7 Å². The molecule has 0 aliphatic heterocycles. The molecular formula is C13H26N4O. The van der Waals surface area contributed by atoms with Crippen molar-refractivity contribution in [3.8, 4) is 0 Å². The predicted octanol–water partition coefficient (Wildman–Crippen LogP) is 1.80.